The van der Waals surface area contributed by atoms with Gasteiger partial charge in [-0.25, -0.2) is 0 Å². The van der Waals surface area contributed by atoms with Gasteiger partial charge in [-0.1, -0.05) is 12.1 Å². The second-order valence-corrected chi connectivity index (χ2v) is 6.10. The molecule has 0 aliphatic carbocycles. The van der Waals surface area contributed by atoms with Crippen molar-refractivity contribution < 1.29 is 19.0 Å². The van der Waals surface area contributed by atoms with Gasteiger partial charge in [-0.05, 0) is 60.3 Å². The highest BCUT2D eigenvalue weighted by Gasteiger charge is 2.21. The van der Waals surface area contributed by atoms with Crippen LogP contribution in [0.2, 0.25) is 0 Å². The number of fused-ring (bicyclic) bond motifs is 1. The van der Waals surface area contributed by atoms with Gasteiger partial charge in [0.05, 0.1) is 14.2 Å². The molecule has 0 amide bonds. The highest BCUT2D eigenvalue weighted by Crippen LogP contribution is 2.32. The Balaban J connectivity index is 1.85. The van der Waals surface area contributed by atoms with Crippen LogP contribution in [0.3, 0.4) is 0 Å². The van der Waals surface area contributed by atoms with Crippen LogP contribution in [-0.4, -0.2) is 26.7 Å². The molecule has 1 aliphatic rings. The standard InChI is InChI=1S/C20H23NO4/c1-13(22)25-20-11-14(4-7-19(20)24-3)10-18-17-6-5-16(23-2)12-15(17)8-9-21-18/h4-7,11-12,18,21H,8-10H2,1-3H3. The van der Waals surface area contributed by atoms with Gasteiger partial charge in [0.1, 0.15) is 5.75 Å². The lowest BCUT2D eigenvalue weighted by atomic mass is 9.90. The average Bonchev–Trinajstić information content (AvgIpc) is 2.61. The Kier molecular flexibility index (Phi) is 5.24. The zero-order valence-electron chi connectivity index (χ0n) is 14.8. The number of hydrogen-bond acceptors (Lipinski definition) is 5. The minimum absolute atomic E-state index is 0.216. The van der Waals surface area contributed by atoms with Gasteiger partial charge in [0.25, 0.3) is 0 Å². The zero-order chi connectivity index (χ0) is 17.8. The molecule has 0 bridgehead atoms. The molecule has 2 aromatic carbocycles. The van der Waals surface area contributed by atoms with E-state index in [0.29, 0.717) is 11.5 Å². The van der Waals surface area contributed by atoms with E-state index in [9.17, 15) is 4.79 Å². The summed E-state index contributed by atoms with van der Waals surface area (Å²) < 4.78 is 15.9. The van der Waals surface area contributed by atoms with Gasteiger partial charge in [0, 0.05) is 13.0 Å². The molecule has 132 valence electrons. The van der Waals surface area contributed by atoms with Crippen LogP contribution in [-0.2, 0) is 17.6 Å². The number of ether oxygens (including phenoxy) is 3. The number of benzene rings is 2. The fourth-order valence-electron chi connectivity index (χ4n) is 3.26. The Bertz CT molecular complexity index is 772. The van der Waals surface area contributed by atoms with E-state index >= 15 is 0 Å². The fourth-order valence-corrected chi connectivity index (χ4v) is 3.26. The van der Waals surface area contributed by atoms with E-state index in [4.69, 9.17) is 14.2 Å². The van der Waals surface area contributed by atoms with Crippen molar-refractivity contribution in [1.29, 1.82) is 0 Å². The van der Waals surface area contributed by atoms with Crippen LogP contribution in [0.5, 0.6) is 17.2 Å². The minimum atomic E-state index is -0.358. The largest absolute Gasteiger partial charge is 0.497 e. The van der Waals surface area contributed by atoms with E-state index < -0.39 is 0 Å². The summed E-state index contributed by atoms with van der Waals surface area (Å²) in [6, 6.07) is 12.2. The van der Waals surface area contributed by atoms with Crippen molar-refractivity contribution in [3.8, 4) is 17.2 Å². The number of nitrogens with one attached hydrogen (secondary N) is 1. The van der Waals surface area contributed by atoms with E-state index in [1.165, 1.54) is 18.1 Å². The smallest absolute Gasteiger partial charge is 0.308 e. The fraction of sp³-hybridized carbons (Fsp3) is 0.350. The lowest BCUT2D eigenvalue weighted by Gasteiger charge is -2.27. The maximum atomic E-state index is 11.3. The lowest BCUT2D eigenvalue weighted by molar-refractivity contribution is -0.132. The third-order valence-corrected chi connectivity index (χ3v) is 4.43. The molecular weight excluding hydrogens is 318 g/mol. The number of carbonyl (C=O) groups is 1. The van der Waals surface area contributed by atoms with Gasteiger partial charge in [-0.2, -0.15) is 0 Å². The molecule has 5 heteroatoms. The summed E-state index contributed by atoms with van der Waals surface area (Å²) in [6.45, 7) is 2.32. The molecule has 0 spiro atoms. The predicted octanol–water partition coefficient (Wildman–Crippen LogP) is 3.06. The highest BCUT2D eigenvalue weighted by molar-refractivity contribution is 5.70. The first-order chi connectivity index (χ1) is 12.1. The van der Waals surface area contributed by atoms with Crippen LogP contribution in [0.4, 0.5) is 0 Å². The molecule has 5 nitrogen and oxygen atoms in total. The normalized spacial score (nSPS) is 16.0. The molecule has 1 aliphatic heterocycles. The molecule has 1 N–H and O–H groups in total. The molecule has 1 heterocycles. The second-order valence-electron chi connectivity index (χ2n) is 6.10. The van der Waals surface area contributed by atoms with Gasteiger partial charge in [-0.3, -0.25) is 4.79 Å². The SMILES string of the molecule is COc1ccc2c(c1)CCNC2Cc1ccc(OC)c(OC(C)=O)c1. The zero-order valence-corrected chi connectivity index (χ0v) is 14.8. The number of methoxy groups -OCH3 is 2. The Morgan fingerprint density at radius 1 is 1.12 bits per heavy atom. The van der Waals surface area contributed by atoms with Gasteiger partial charge in [0.15, 0.2) is 11.5 Å². The van der Waals surface area contributed by atoms with Gasteiger partial charge < -0.3 is 19.5 Å². The van der Waals surface area contributed by atoms with Crippen molar-refractivity contribution in [3.63, 3.8) is 0 Å². The summed E-state index contributed by atoms with van der Waals surface area (Å²) in [5.74, 6) is 1.55. The first kappa shape index (κ1) is 17.3. The molecule has 0 fully saturated rings. The Labute approximate surface area is 147 Å². The molecule has 1 atom stereocenters. The first-order valence-electron chi connectivity index (χ1n) is 8.36. The summed E-state index contributed by atoms with van der Waals surface area (Å²) in [6.07, 6.45) is 1.79. The maximum absolute atomic E-state index is 11.3. The highest BCUT2D eigenvalue weighted by atomic mass is 16.6. The topological polar surface area (TPSA) is 56.8 Å². The van der Waals surface area contributed by atoms with Crippen molar-refractivity contribution in [2.75, 3.05) is 20.8 Å². The molecule has 1 unspecified atom stereocenters. The van der Waals surface area contributed by atoms with Crippen molar-refractivity contribution in [2.24, 2.45) is 0 Å². The Morgan fingerprint density at radius 2 is 1.96 bits per heavy atom. The molecule has 25 heavy (non-hydrogen) atoms. The second kappa shape index (κ2) is 7.57. The van der Waals surface area contributed by atoms with Crippen LogP contribution in [0.15, 0.2) is 36.4 Å². The van der Waals surface area contributed by atoms with Crippen LogP contribution >= 0.6 is 0 Å². The number of carbonyl (C=O) groups excluding carboxylic acids is 1. The Hall–Kier alpha value is -2.53. The molecule has 0 aromatic heterocycles. The number of hydrogen-bond donors (Lipinski definition) is 1. The summed E-state index contributed by atoms with van der Waals surface area (Å²) in [5, 5.41) is 3.57. The minimum Gasteiger partial charge on any atom is -0.497 e. The van der Waals surface area contributed by atoms with Crippen LogP contribution in [0, 0.1) is 0 Å². The lowest BCUT2D eigenvalue weighted by Crippen LogP contribution is -2.31. The van der Waals surface area contributed by atoms with Crippen LogP contribution < -0.4 is 19.5 Å². The van der Waals surface area contributed by atoms with E-state index in [1.807, 2.05) is 24.3 Å². The molecule has 3 rings (SSSR count). The van der Waals surface area contributed by atoms with Crippen LogP contribution in [0.1, 0.15) is 29.7 Å². The van der Waals surface area contributed by atoms with Crippen molar-refractivity contribution in [3.05, 3.63) is 53.1 Å². The molecule has 0 saturated heterocycles. The predicted molar refractivity (Wildman–Crippen MR) is 95.4 cm³/mol. The quantitative estimate of drug-likeness (QED) is 0.669. The van der Waals surface area contributed by atoms with Gasteiger partial charge in [0.2, 0.25) is 0 Å². The number of esters is 1. The maximum Gasteiger partial charge on any atom is 0.308 e. The summed E-state index contributed by atoms with van der Waals surface area (Å²) in [5.41, 5.74) is 3.69. The third kappa shape index (κ3) is 3.94. The molecule has 0 saturated carbocycles. The van der Waals surface area contributed by atoms with E-state index in [-0.39, 0.29) is 12.0 Å². The van der Waals surface area contributed by atoms with Crippen molar-refractivity contribution >= 4 is 5.97 Å². The van der Waals surface area contributed by atoms with Gasteiger partial charge in [-0.15, -0.1) is 0 Å². The van der Waals surface area contributed by atoms with Crippen LogP contribution in [0.25, 0.3) is 0 Å². The van der Waals surface area contributed by atoms with E-state index in [1.54, 1.807) is 14.2 Å². The molecular formula is C20H23NO4. The number of rotatable bonds is 5. The summed E-state index contributed by atoms with van der Waals surface area (Å²) in [7, 11) is 3.25. The summed E-state index contributed by atoms with van der Waals surface area (Å²) >= 11 is 0. The van der Waals surface area contributed by atoms with E-state index in [0.717, 1.165) is 30.7 Å². The molecule has 2 aromatic rings. The first-order valence-corrected chi connectivity index (χ1v) is 8.36. The monoisotopic (exact) mass is 341 g/mol. The van der Waals surface area contributed by atoms with E-state index in [2.05, 4.69) is 17.4 Å². The average molecular weight is 341 g/mol. The third-order valence-electron chi connectivity index (χ3n) is 4.43. The van der Waals surface area contributed by atoms with Crippen molar-refractivity contribution in [2.45, 2.75) is 25.8 Å². The molecule has 0 radical (unpaired) electrons. The van der Waals surface area contributed by atoms with Gasteiger partial charge >= 0.3 is 5.97 Å². The Morgan fingerprint density at radius 3 is 2.68 bits per heavy atom. The van der Waals surface area contributed by atoms with Crippen molar-refractivity contribution in [1.82, 2.24) is 5.32 Å². The summed E-state index contributed by atoms with van der Waals surface area (Å²) in [4.78, 5) is 11.3.